The predicted molar refractivity (Wildman–Crippen MR) is 64.1 cm³/mol. The fraction of sp³-hybridized carbons (Fsp3) is 0.0833. The molecule has 2 rings (SSSR count). The van der Waals surface area contributed by atoms with Crippen molar-refractivity contribution in [3.05, 3.63) is 53.9 Å². The summed E-state index contributed by atoms with van der Waals surface area (Å²) in [4.78, 5) is 11.7. The first kappa shape index (κ1) is 11.1. The molecule has 1 amide bonds. The third-order valence-corrected chi connectivity index (χ3v) is 2.25. The minimum Gasteiger partial charge on any atom is -0.399 e. The summed E-state index contributed by atoms with van der Waals surface area (Å²) in [5.74, 6) is -0.178. The lowest BCUT2D eigenvalue weighted by atomic mass is 10.2. The van der Waals surface area contributed by atoms with E-state index in [0.29, 0.717) is 17.8 Å². The van der Waals surface area contributed by atoms with E-state index in [1.165, 1.54) is 12.4 Å². The molecule has 0 saturated carbocycles. The number of nitrogens with two attached hydrogens (primary N) is 1. The van der Waals surface area contributed by atoms with Gasteiger partial charge in [-0.1, -0.05) is 12.1 Å². The van der Waals surface area contributed by atoms with Gasteiger partial charge in [0.2, 0.25) is 0 Å². The number of hydrogen-bond donors (Lipinski definition) is 2. The Morgan fingerprint density at radius 2 is 2.18 bits per heavy atom. The molecule has 0 aliphatic heterocycles. The number of carbonyl (C=O) groups excluding carboxylic acids is 1. The van der Waals surface area contributed by atoms with Crippen molar-refractivity contribution in [2.75, 3.05) is 5.73 Å². The first-order chi connectivity index (χ1) is 8.25. The van der Waals surface area contributed by atoms with Crippen molar-refractivity contribution in [2.24, 2.45) is 0 Å². The average Bonchev–Trinajstić information content (AvgIpc) is 2.37. The van der Waals surface area contributed by atoms with Gasteiger partial charge >= 0.3 is 0 Å². The van der Waals surface area contributed by atoms with E-state index < -0.39 is 0 Å². The second kappa shape index (κ2) is 5.07. The fourth-order valence-electron chi connectivity index (χ4n) is 1.41. The number of anilines is 1. The van der Waals surface area contributed by atoms with Crippen molar-refractivity contribution >= 4 is 11.6 Å². The van der Waals surface area contributed by atoms with Crippen LogP contribution in [0.5, 0.6) is 0 Å². The van der Waals surface area contributed by atoms with Gasteiger partial charge in [0.1, 0.15) is 0 Å². The van der Waals surface area contributed by atoms with Crippen LogP contribution in [-0.4, -0.2) is 16.1 Å². The van der Waals surface area contributed by atoms with Gasteiger partial charge in [-0.15, -0.1) is 0 Å². The van der Waals surface area contributed by atoms with Crippen LogP contribution in [0.1, 0.15) is 15.9 Å². The molecule has 1 aromatic heterocycles. The van der Waals surface area contributed by atoms with Crippen LogP contribution in [0, 0.1) is 0 Å². The number of nitrogens with one attached hydrogen (secondary N) is 1. The molecule has 0 spiro atoms. The van der Waals surface area contributed by atoms with Crippen LogP contribution in [0.3, 0.4) is 0 Å². The molecule has 0 bridgehead atoms. The third kappa shape index (κ3) is 3.01. The van der Waals surface area contributed by atoms with E-state index in [4.69, 9.17) is 5.73 Å². The zero-order valence-corrected chi connectivity index (χ0v) is 9.13. The first-order valence-corrected chi connectivity index (χ1v) is 5.15. The number of hydrogen-bond acceptors (Lipinski definition) is 4. The van der Waals surface area contributed by atoms with Crippen molar-refractivity contribution in [1.82, 2.24) is 15.5 Å². The number of aromatic nitrogens is 2. The minimum atomic E-state index is -0.178. The lowest BCUT2D eigenvalue weighted by Gasteiger charge is -2.05. The molecular weight excluding hydrogens is 216 g/mol. The molecule has 17 heavy (non-hydrogen) atoms. The molecular formula is C12H12N4O. The van der Waals surface area contributed by atoms with Crippen molar-refractivity contribution in [3.8, 4) is 0 Å². The molecule has 0 aliphatic rings. The summed E-state index contributed by atoms with van der Waals surface area (Å²) >= 11 is 0. The Labute approximate surface area is 98.7 Å². The number of carbonyl (C=O) groups is 1. The fourth-order valence-corrected chi connectivity index (χ4v) is 1.41. The van der Waals surface area contributed by atoms with E-state index in [9.17, 15) is 4.79 Å². The molecule has 5 nitrogen and oxygen atoms in total. The van der Waals surface area contributed by atoms with E-state index in [1.54, 1.807) is 12.1 Å². The van der Waals surface area contributed by atoms with Gasteiger partial charge in [0.25, 0.3) is 5.91 Å². The predicted octanol–water partition coefficient (Wildman–Crippen LogP) is 0.989. The van der Waals surface area contributed by atoms with Crippen LogP contribution in [-0.2, 0) is 6.54 Å². The molecule has 2 aromatic rings. The van der Waals surface area contributed by atoms with E-state index in [2.05, 4.69) is 15.5 Å². The largest absolute Gasteiger partial charge is 0.399 e. The first-order valence-electron chi connectivity index (χ1n) is 5.15. The number of nitrogens with zero attached hydrogens (tertiary/aromatic N) is 2. The van der Waals surface area contributed by atoms with Gasteiger partial charge in [-0.05, 0) is 23.8 Å². The maximum absolute atomic E-state index is 11.7. The lowest BCUT2D eigenvalue weighted by Crippen LogP contribution is -2.22. The quantitative estimate of drug-likeness (QED) is 0.767. The van der Waals surface area contributed by atoms with E-state index >= 15 is 0 Å². The Morgan fingerprint density at radius 3 is 2.88 bits per heavy atom. The van der Waals surface area contributed by atoms with Gasteiger partial charge < -0.3 is 11.1 Å². The zero-order valence-electron chi connectivity index (χ0n) is 9.13. The maximum atomic E-state index is 11.7. The topological polar surface area (TPSA) is 80.9 Å². The smallest absolute Gasteiger partial charge is 0.253 e. The standard InChI is InChI=1S/C12H12N4O/c13-11-3-1-2-9(6-11)7-14-12(17)10-4-5-15-16-8-10/h1-6,8H,7,13H2,(H,14,17). The molecule has 0 aliphatic carbocycles. The second-order valence-electron chi connectivity index (χ2n) is 3.56. The molecule has 0 saturated heterocycles. The molecule has 0 radical (unpaired) electrons. The van der Waals surface area contributed by atoms with Crippen molar-refractivity contribution in [2.45, 2.75) is 6.54 Å². The highest BCUT2D eigenvalue weighted by Crippen LogP contribution is 2.06. The van der Waals surface area contributed by atoms with Gasteiger partial charge in [-0.2, -0.15) is 10.2 Å². The Balaban J connectivity index is 1.97. The second-order valence-corrected chi connectivity index (χ2v) is 3.56. The Kier molecular flexibility index (Phi) is 3.30. The van der Waals surface area contributed by atoms with Crippen LogP contribution >= 0.6 is 0 Å². The monoisotopic (exact) mass is 228 g/mol. The molecule has 3 N–H and O–H groups in total. The van der Waals surface area contributed by atoms with Crippen LogP contribution in [0.15, 0.2) is 42.7 Å². The van der Waals surface area contributed by atoms with Crippen LogP contribution in [0.2, 0.25) is 0 Å². The molecule has 0 unspecified atom stereocenters. The number of rotatable bonds is 3. The molecule has 1 heterocycles. The molecule has 86 valence electrons. The van der Waals surface area contributed by atoms with Crippen molar-refractivity contribution in [1.29, 1.82) is 0 Å². The molecule has 1 aromatic carbocycles. The Morgan fingerprint density at radius 1 is 1.29 bits per heavy atom. The number of amides is 1. The van der Waals surface area contributed by atoms with E-state index in [0.717, 1.165) is 5.56 Å². The van der Waals surface area contributed by atoms with E-state index in [1.807, 2.05) is 18.2 Å². The number of nitrogen functional groups attached to an aromatic ring is 1. The average molecular weight is 228 g/mol. The highest BCUT2D eigenvalue weighted by Gasteiger charge is 2.04. The Hall–Kier alpha value is -2.43. The maximum Gasteiger partial charge on any atom is 0.253 e. The van der Waals surface area contributed by atoms with Gasteiger partial charge in [0, 0.05) is 12.2 Å². The third-order valence-electron chi connectivity index (χ3n) is 2.25. The van der Waals surface area contributed by atoms with Gasteiger partial charge in [-0.25, -0.2) is 0 Å². The van der Waals surface area contributed by atoms with Gasteiger partial charge in [-0.3, -0.25) is 4.79 Å². The van der Waals surface area contributed by atoms with Crippen LogP contribution in [0.25, 0.3) is 0 Å². The highest BCUT2D eigenvalue weighted by molar-refractivity contribution is 5.93. The normalized spacial score (nSPS) is 9.88. The van der Waals surface area contributed by atoms with E-state index in [-0.39, 0.29) is 5.91 Å². The summed E-state index contributed by atoms with van der Waals surface area (Å²) in [6, 6.07) is 9.00. The molecule has 0 fully saturated rings. The highest BCUT2D eigenvalue weighted by atomic mass is 16.1. The van der Waals surface area contributed by atoms with Crippen molar-refractivity contribution < 1.29 is 4.79 Å². The van der Waals surface area contributed by atoms with Crippen LogP contribution in [0.4, 0.5) is 5.69 Å². The van der Waals surface area contributed by atoms with Crippen LogP contribution < -0.4 is 11.1 Å². The van der Waals surface area contributed by atoms with Gasteiger partial charge in [0.05, 0.1) is 18.0 Å². The minimum absolute atomic E-state index is 0.178. The van der Waals surface area contributed by atoms with Crippen molar-refractivity contribution in [3.63, 3.8) is 0 Å². The summed E-state index contributed by atoms with van der Waals surface area (Å²) < 4.78 is 0. The lowest BCUT2D eigenvalue weighted by molar-refractivity contribution is 0.0950. The summed E-state index contributed by atoms with van der Waals surface area (Å²) in [6.07, 6.45) is 2.91. The molecule has 0 atom stereocenters. The zero-order chi connectivity index (χ0) is 12.1. The van der Waals surface area contributed by atoms with Gasteiger partial charge in [0.15, 0.2) is 0 Å². The number of benzene rings is 1. The summed E-state index contributed by atoms with van der Waals surface area (Å²) in [5.41, 5.74) is 7.78. The summed E-state index contributed by atoms with van der Waals surface area (Å²) in [6.45, 7) is 0.437. The summed E-state index contributed by atoms with van der Waals surface area (Å²) in [5, 5.41) is 10.0. The SMILES string of the molecule is Nc1cccc(CNC(=O)c2ccnnc2)c1. The summed E-state index contributed by atoms with van der Waals surface area (Å²) in [7, 11) is 0. The Bertz CT molecular complexity index is 513. The molecule has 5 heteroatoms.